The predicted octanol–water partition coefficient (Wildman–Crippen LogP) is 4.38. The van der Waals surface area contributed by atoms with Crippen molar-refractivity contribution in [3.05, 3.63) is 64.4 Å². The third kappa shape index (κ3) is 3.46. The zero-order valence-electron chi connectivity index (χ0n) is 13.3. The van der Waals surface area contributed by atoms with Crippen LogP contribution < -0.4 is 5.32 Å². The highest BCUT2D eigenvalue weighted by atomic mass is 32.1. The van der Waals surface area contributed by atoms with Gasteiger partial charge in [0, 0.05) is 28.9 Å². The fraction of sp³-hybridized carbons (Fsp3) is 0.167. The fourth-order valence-electron chi connectivity index (χ4n) is 2.42. The monoisotopic (exact) mass is 323 g/mol. The van der Waals surface area contributed by atoms with Gasteiger partial charge in [0.05, 0.1) is 5.69 Å². The highest BCUT2D eigenvalue weighted by Crippen LogP contribution is 2.25. The number of aromatic nitrogens is 2. The number of hydrogen-bond acceptors (Lipinski definition) is 4. The molecule has 0 radical (unpaired) electrons. The third-order valence-corrected chi connectivity index (χ3v) is 4.40. The third-order valence-electron chi connectivity index (χ3n) is 3.53. The lowest BCUT2D eigenvalue weighted by Gasteiger charge is -2.09. The maximum atomic E-state index is 12.5. The standard InChI is InChI=1S/C18H17N3OS/c1-11-6-14(16-9-19-5-4-12(16)2)8-15(7-11)17(22)21-18-20-13(3)10-23-18/h4-10H,1-3H3,(H,20,21,22). The number of amides is 1. The number of benzene rings is 1. The summed E-state index contributed by atoms with van der Waals surface area (Å²) in [5.74, 6) is -0.147. The first kappa shape index (κ1) is 15.4. The van der Waals surface area contributed by atoms with Crippen LogP contribution in [0.15, 0.2) is 42.0 Å². The van der Waals surface area contributed by atoms with Gasteiger partial charge in [-0.1, -0.05) is 6.07 Å². The first-order valence-corrected chi connectivity index (χ1v) is 8.17. The van der Waals surface area contributed by atoms with E-state index in [1.54, 1.807) is 6.20 Å². The summed E-state index contributed by atoms with van der Waals surface area (Å²) in [4.78, 5) is 20.9. The van der Waals surface area contributed by atoms with Crippen LogP contribution in [0.5, 0.6) is 0 Å². The van der Waals surface area contributed by atoms with E-state index in [2.05, 4.69) is 21.4 Å². The molecule has 1 N–H and O–H groups in total. The molecule has 0 saturated heterocycles. The second kappa shape index (κ2) is 6.30. The molecule has 2 aromatic heterocycles. The SMILES string of the molecule is Cc1cc(C(=O)Nc2nc(C)cs2)cc(-c2cnccc2C)c1. The fourth-order valence-corrected chi connectivity index (χ4v) is 3.10. The Morgan fingerprint density at radius 2 is 2.00 bits per heavy atom. The van der Waals surface area contributed by atoms with Crippen LogP contribution in [-0.4, -0.2) is 15.9 Å². The number of pyridine rings is 1. The number of nitrogens with one attached hydrogen (secondary N) is 1. The number of thiazole rings is 1. The van der Waals surface area contributed by atoms with Crippen LogP contribution in [0.1, 0.15) is 27.2 Å². The van der Waals surface area contributed by atoms with E-state index >= 15 is 0 Å². The summed E-state index contributed by atoms with van der Waals surface area (Å²) in [6, 6.07) is 7.81. The lowest BCUT2D eigenvalue weighted by atomic mass is 9.98. The molecule has 0 saturated carbocycles. The summed E-state index contributed by atoms with van der Waals surface area (Å²) in [5, 5.41) is 5.38. The van der Waals surface area contributed by atoms with Gasteiger partial charge in [-0.25, -0.2) is 4.98 Å². The average molecular weight is 323 g/mol. The van der Waals surface area contributed by atoms with Crippen molar-refractivity contribution in [3.8, 4) is 11.1 Å². The molecule has 0 aliphatic rings. The lowest BCUT2D eigenvalue weighted by Crippen LogP contribution is -2.12. The summed E-state index contributed by atoms with van der Waals surface area (Å²) in [6.07, 6.45) is 3.60. The Balaban J connectivity index is 1.94. The molecule has 23 heavy (non-hydrogen) atoms. The molecule has 2 heterocycles. The Bertz CT molecular complexity index is 870. The molecule has 0 aliphatic heterocycles. The van der Waals surface area contributed by atoms with Crippen molar-refractivity contribution in [1.82, 2.24) is 9.97 Å². The molecule has 5 heteroatoms. The zero-order valence-corrected chi connectivity index (χ0v) is 14.1. The first-order valence-electron chi connectivity index (χ1n) is 7.29. The Morgan fingerprint density at radius 3 is 2.70 bits per heavy atom. The van der Waals surface area contributed by atoms with Crippen LogP contribution >= 0.6 is 11.3 Å². The van der Waals surface area contributed by atoms with Gasteiger partial charge in [-0.05, 0) is 55.7 Å². The summed E-state index contributed by atoms with van der Waals surface area (Å²) >= 11 is 1.43. The molecule has 0 aliphatic carbocycles. The minimum Gasteiger partial charge on any atom is -0.298 e. The van der Waals surface area contributed by atoms with Crippen molar-refractivity contribution in [3.63, 3.8) is 0 Å². The van der Waals surface area contributed by atoms with E-state index in [9.17, 15) is 4.79 Å². The van der Waals surface area contributed by atoms with Crippen molar-refractivity contribution >= 4 is 22.4 Å². The van der Waals surface area contributed by atoms with Crippen molar-refractivity contribution < 1.29 is 4.79 Å². The van der Waals surface area contributed by atoms with Crippen LogP contribution in [0.3, 0.4) is 0 Å². The van der Waals surface area contributed by atoms with Gasteiger partial charge in [0.2, 0.25) is 0 Å². The van der Waals surface area contributed by atoms with E-state index in [1.165, 1.54) is 11.3 Å². The van der Waals surface area contributed by atoms with E-state index in [1.807, 2.05) is 50.5 Å². The van der Waals surface area contributed by atoms with Gasteiger partial charge in [-0.2, -0.15) is 0 Å². The molecule has 3 aromatic rings. The van der Waals surface area contributed by atoms with Gasteiger partial charge in [-0.3, -0.25) is 15.1 Å². The number of aryl methyl sites for hydroxylation is 3. The minimum atomic E-state index is -0.147. The van der Waals surface area contributed by atoms with Crippen molar-refractivity contribution in [2.24, 2.45) is 0 Å². The summed E-state index contributed by atoms with van der Waals surface area (Å²) < 4.78 is 0. The number of nitrogens with zero attached hydrogens (tertiary/aromatic N) is 2. The highest BCUT2D eigenvalue weighted by molar-refractivity contribution is 7.13. The molecule has 1 aromatic carbocycles. The van der Waals surface area contributed by atoms with Crippen LogP contribution in [0.25, 0.3) is 11.1 Å². The van der Waals surface area contributed by atoms with E-state index < -0.39 is 0 Å². The van der Waals surface area contributed by atoms with E-state index in [0.29, 0.717) is 10.7 Å². The van der Waals surface area contributed by atoms with Crippen LogP contribution in [0.4, 0.5) is 5.13 Å². The molecule has 116 valence electrons. The van der Waals surface area contributed by atoms with Gasteiger partial charge < -0.3 is 0 Å². The van der Waals surface area contributed by atoms with Gasteiger partial charge in [0.1, 0.15) is 0 Å². The van der Waals surface area contributed by atoms with Crippen LogP contribution in [-0.2, 0) is 0 Å². The maximum absolute atomic E-state index is 12.5. The Labute approximate surface area is 139 Å². The van der Waals surface area contributed by atoms with Crippen molar-refractivity contribution in [2.75, 3.05) is 5.32 Å². The molecule has 0 spiro atoms. The van der Waals surface area contributed by atoms with Crippen LogP contribution in [0, 0.1) is 20.8 Å². The number of hydrogen-bond donors (Lipinski definition) is 1. The molecule has 4 nitrogen and oxygen atoms in total. The van der Waals surface area contributed by atoms with Gasteiger partial charge in [0.15, 0.2) is 5.13 Å². The Hall–Kier alpha value is -2.53. The smallest absolute Gasteiger partial charge is 0.257 e. The quantitative estimate of drug-likeness (QED) is 0.778. The van der Waals surface area contributed by atoms with E-state index in [0.717, 1.165) is 27.9 Å². The number of carbonyl (C=O) groups is 1. The summed E-state index contributed by atoms with van der Waals surface area (Å²) in [7, 11) is 0. The molecular formula is C18H17N3OS. The number of carbonyl (C=O) groups excluding carboxylic acids is 1. The van der Waals surface area contributed by atoms with E-state index in [4.69, 9.17) is 0 Å². The molecule has 0 atom stereocenters. The van der Waals surface area contributed by atoms with Crippen LogP contribution in [0.2, 0.25) is 0 Å². The highest BCUT2D eigenvalue weighted by Gasteiger charge is 2.11. The number of anilines is 1. The second-order valence-corrected chi connectivity index (χ2v) is 6.38. The maximum Gasteiger partial charge on any atom is 0.257 e. The lowest BCUT2D eigenvalue weighted by molar-refractivity contribution is 0.102. The molecule has 0 bridgehead atoms. The topological polar surface area (TPSA) is 54.9 Å². The van der Waals surface area contributed by atoms with Gasteiger partial charge >= 0.3 is 0 Å². The van der Waals surface area contributed by atoms with Gasteiger partial charge in [-0.15, -0.1) is 11.3 Å². The van der Waals surface area contributed by atoms with Gasteiger partial charge in [0.25, 0.3) is 5.91 Å². The predicted molar refractivity (Wildman–Crippen MR) is 94.0 cm³/mol. The zero-order chi connectivity index (χ0) is 16.4. The number of rotatable bonds is 3. The first-order chi connectivity index (χ1) is 11.0. The normalized spacial score (nSPS) is 10.6. The van der Waals surface area contributed by atoms with Crippen molar-refractivity contribution in [1.29, 1.82) is 0 Å². The molecule has 1 amide bonds. The molecular weight excluding hydrogens is 306 g/mol. The minimum absolute atomic E-state index is 0.147. The van der Waals surface area contributed by atoms with Crippen molar-refractivity contribution in [2.45, 2.75) is 20.8 Å². The average Bonchev–Trinajstić information content (AvgIpc) is 2.92. The Morgan fingerprint density at radius 1 is 1.17 bits per heavy atom. The molecule has 0 unspecified atom stereocenters. The largest absolute Gasteiger partial charge is 0.298 e. The summed E-state index contributed by atoms with van der Waals surface area (Å²) in [5.41, 5.74) is 5.72. The second-order valence-electron chi connectivity index (χ2n) is 5.53. The molecule has 3 rings (SSSR count). The molecule has 0 fully saturated rings. The van der Waals surface area contributed by atoms with E-state index in [-0.39, 0.29) is 5.91 Å². The Kier molecular flexibility index (Phi) is 4.21. The summed E-state index contributed by atoms with van der Waals surface area (Å²) in [6.45, 7) is 5.93.